The maximum atomic E-state index is 10.3. The molecular formula is C9H16N2O2. The lowest BCUT2D eigenvalue weighted by Crippen LogP contribution is -2.12. The Bertz CT molecular complexity index is 190. The molecule has 0 amide bonds. The van der Waals surface area contributed by atoms with Gasteiger partial charge in [0.15, 0.2) is 6.04 Å². The Labute approximate surface area is 78.4 Å². The van der Waals surface area contributed by atoms with E-state index in [1.165, 1.54) is 6.92 Å². The summed E-state index contributed by atoms with van der Waals surface area (Å²) in [7, 11) is 0. The highest BCUT2D eigenvalue weighted by atomic mass is 16.4. The second-order valence-electron chi connectivity index (χ2n) is 2.78. The minimum absolute atomic E-state index is 0.603. The summed E-state index contributed by atoms with van der Waals surface area (Å²) in [5.74, 6) is -0.935. The standard InChI is InChI=1S/C9H16N2O2/c1-3-4-5-6-7-10-11-8(2)9(12)13/h3,8H,1,4-7H2,2H3,(H,12,13). The van der Waals surface area contributed by atoms with Gasteiger partial charge in [-0.1, -0.05) is 6.08 Å². The van der Waals surface area contributed by atoms with Gasteiger partial charge in [-0.25, -0.2) is 4.79 Å². The number of unbranched alkanes of at least 4 members (excludes halogenated alkanes) is 2. The Morgan fingerprint density at radius 3 is 2.85 bits per heavy atom. The first-order valence-electron chi connectivity index (χ1n) is 4.38. The summed E-state index contributed by atoms with van der Waals surface area (Å²) in [6.45, 7) is 5.71. The number of hydrogen-bond acceptors (Lipinski definition) is 3. The molecule has 0 bridgehead atoms. The number of nitrogens with zero attached hydrogens (tertiary/aromatic N) is 2. The van der Waals surface area contributed by atoms with Crippen molar-refractivity contribution in [2.45, 2.75) is 32.2 Å². The van der Waals surface area contributed by atoms with Crippen LogP contribution in [0.15, 0.2) is 22.9 Å². The van der Waals surface area contributed by atoms with Gasteiger partial charge >= 0.3 is 5.97 Å². The maximum Gasteiger partial charge on any atom is 0.330 e. The van der Waals surface area contributed by atoms with Gasteiger partial charge in [-0.15, -0.1) is 6.58 Å². The van der Waals surface area contributed by atoms with Crippen LogP contribution in [0, 0.1) is 0 Å². The Kier molecular flexibility index (Phi) is 6.78. The fraction of sp³-hybridized carbons (Fsp3) is 0.667. The molecule has 0 aliphatic rings. The van der Waals surface area contributed by atoms with Crippen LogP contribution in [-0.4, -0.2) is 23.7 Å². The molecule has 0 saturated heterocycles. The van der Waals surface area contributed by atoms with Crippen molar-refractivity contribution in [3.63, 3.8) is 0 Å². The van der Waals surface area contributed by atoms with Crippen molar-refractivity contribution in [2.75, 3.05) is 6.54 Å². The van der Waals surface area contributed by atoms with Crippen molar-refractivity contribution in [1.29, 1.82) is 0 Å². The smallest absolute Gasteiger partial charge is 0.330 e. The molecule has 0 spiro atoms. The fourth-order valence-electron chi connectivity index (χ4n) is 0.701. The van der Waals surface area contributed by atoms with Crippen LogP contribution in [0.25, 0.3) is 0 Å². The minimum atomic E-state index is -0.935. The molecule has 1 N–H and O–H groups in total. The van der Waals surface area contributed by atoms with Crippen molar-refractivity contribution in [3.8, 4) is 0 Å². The molecule has 0 aliphatic heterocycles. The molecule has 1 atom stereocenters. The van der Waals surface area contributed by atoms with Crippen LogP contribution in [-0.2, 0) is 4.79 Å². The molecule has 0 radical (unpaired) electrons. The molecule has 0 aromatic carbocycles. The first-order chi connectivity index (χ1) is 6.18. The lowest BCUT2D eigenvalue weighted by Gasteiger charge is -1.96. The van der Waals surface area contributed by atoms with Gasteiger partial charge in [0.05, 0.1) is 6.54 Å². The molecule has 0 heterocycles. The zero-order valence-electron chi connectivity index (χ0n) is 7.94. The Morgan fingerprint density at radius 2 is 2.31 bits per heavy atom. The predicted octanol–water partition coefficient (Wildman–Crippen LogP) is 2.27. The number of rotatable bonds is 7. The summed E-state index contributed by atoms with van der Waals surface area (Å²) < 4.78 is 0. The summed E-state index contributed by atoms with van der Waals surface area (Å²) in [5.41, 5.74) is 0. The summed E-state index contributed by atoms with van der Waals surface area (Å²) >= 11 is 0. The third-order valence-electron chi connectivity index (χ3n) is 1.53. The molecule has 13 heavy (non-hydrogen) atoms. The Balaban J connectivity index is 3.40. The zero-order chi connectivity index (χ0) is 10.1. The van der Waals surface area contributed by atoms with Crippen molar-refractivity contribution < 1.29 is 9.90 Å². The lowest BCUT2D eigenvalue weighted by atomic mass is 10.2. The maximum absolute atomic E-state index is 10.3. The first kappa shape index (κ1) is 11.8. The Hall–Kier alpha value is -1.19. The molecular weight excluding hydrogens is 168 g/mol. The number of carboxylic acids is 1. The second kappa shape index (κ2) is 7.46. The highest BCUT2D eigenvalue weighted by Gasteiger charge is 2.06. The number of aliphatic carboxylic acids is 1. The number of hydrogen-bond donors (Lipinski definition) is 1. The third-order valence-corrected chi connectivity index (χ3v) is 1.53. The molecule has 0 rings (SSSR count). The average molecular weight is 184 g/mol. The van der Waals surface area contributed by atoms with E-state index in [1.807, 2.05) is 6.08 Å². The Morgan fingerprint density at radius 1 is 1.62 bits per heavy atom. The zero-order valence-corrected chi connectivity index (χ0v) is 7.94. The number of azo groups is 1. The molecule has 1 unspecified atom stereocenters. The van der Waals surface area contributed by atoms with Crippen LogP contribution in [0.3, 0.4) is 0 Å². The lowest BCUT2D eigenvalue weighted by molar-refractivity contribution is -0.138. The monoisotopic (exact) mass is 184 g/mol. The molecule has 0 fully saturated rings. The largest absolute Gasteiger partial charge is 0.480 e. The molecule has 0 aliphatic carbocycles. The average Bonchev–Trinajstić information content (AvgIpc) is 2.10. The first-order valence-corrected chi connectivity index (χ1v) is 4.38. The summed E-state index contributed by atoms with van der Waals surface area (Å²) in [6.07, 6.45) is 4.80. The molecule has 0 aromatic rings. The van der Waals surface area contributed by atoms with E-state index < -0.39 is 12.0 Å². The highest BCUT2D eigenvalue weighted by molar-refractivity contribution is 5.72. The van der Waals surface area contributed by atoms with E-state index >= 15 is 0 Å². The predicted molar refractivity (Wildman–Crippen MR) is 50.9 cm³/mol. The summed E-state index contributed by atoms with van der Waals surface area (Å²) in [4.78, 5) is 10.3. The molecule has 4 heteroatoms. The van der Waals surface area contributed by atoms with Crippen LogP contribution in [0.5, 0.6) is 0 Å². The number of carboxylic acid groups (broad SMARTS) is 1. The normalized spacial score (nSPS) is 13.0. The van der Waals surface area contributed by atoms with Gasteiger partial charge in [0.25, 0.3) is 0 Å². The van der Waals surface area contributed by atoms with E-state index in [4.69, 9.17) is 5.11 Å². The molecule has 74 valence electrons. The SMILES string of the molecule is C=CCCCCN=NC(C)C(=O)O. The van der Waals surface area contributed by atoms with E-state index in [0.29, 0.717) is 6.54 Å². The highest BCUT2D eigenvalue weighted by Crippen LogP contribution is 1.97. The van der Waals surface area contributed by atoms with E-state index in [0.717, 1.165) is 19.3 Å². The third kappa shape index (κ3) is 7.18. The van der Waals surface area contributed by atoms with Crippen LogP contribution < -0.4 is 0 Å². The molecule has 4 nitrogen and oxygen atoms in total. The quantitative estimate of drug-likeness (QED) is 0.375. The van der Waals surface area contributed by atoms with Crippen LogP contribution in [0.4, 0.5) is 0 Å². The molecule has 0 saturated carbocycles. The van der Waals surface area contributed by atoms with Crippen molar-refractivity contribution in [2.24, 2.45) is 10.2 Å². The van der Waals surface area contributed by atoms with E-state index in [9.17, 15) is 4.79 Å². The summed E-state index contributed by atoms with van der Waals surface area (Å²) in [6, 6.07) is -0.723. The van der Waals surface area contributed by atoms with Crippen LogP contribution >= 0.6 is 0 Å². The van der Waals surface area contributed by atoms with E-state index in [1.54, 1.807) is 0 Å². The van der Waals surface area contributed by atoms with Gasteiger partial charge in [-0.2, -0.15) is 10.2 Å². The van der Waals surface area contributed by atoms with Crippen molar-refractivity contribution in [3.05, 3.63) is 12.7 Å². The van der Waals surface area contributed by atoms with Crippen LogP contribution in [0.2, 0.25) is 0 Å². The summed E-state index contributed by atoms with van der Waals surface area (Å²) in [5, 5.41) is 15.9. The molecule has 0 aromatic heterocycles. The number of allylic oxidation sites excluding steroid dienone is 1. The van der Waals surface area contributed by atoms with E-state index in [2.05, 4.69) is 16.8 Å². The van der Waals surface area contributed by atoms with Gasteiger partial charge in [0.2, 0.25) is 0 Å². The second-order valence-corrected chi connectivity index (χ2v) is 2.78. The van der Waals surface area contributed by atoms with Gasteiger partial charge in [0.1, 0.15) is 0 Å². The number of carbonyl (C=O) groups is 1. The van der Waals surface area contributed by atoms with Gasteiger partial charge in [0, 0.05) is 0 Å². The fourth-order valence-corrected chi connectivity index (χ4v) is 0.701. The van der Waals surface area contributed by atoms with Crippen molar-refractivity contribution in [1.82, 2.24) is 0 Å². The topological polar surface area (TPSA) is 62.0 Å². The minimum Gasteiger partial charge on any atom is -0.480 e. The van der Waals surface area contributed by atoms with Gasteiger partial charge in [-0.3, -0.25) is 0 Å². The van der Waals surface area contributed by atoms with Gasteiger partial charge in [-0.05, 0) is 26.2 Å². The van der Waals surface area contributed by atoms with Crippen LogP contribution in [0.1, 0.15) is 26.2 Å². The van der Waals surface area contributed by atoms with Crippen molar-refractivity contribution >= 4 is 5.97 Å². The van der Waals surface area contributed by atoms with Gasteiger partial charge < -0.3 is 5.11 Å². The van der Waals surface area contributed by atoms with E-state index in [-0.39, 0.29) is 0 Å².